The van der Waals surface area contributed by atoms with E-state index in [2.05, 4.69) is 20.4 Å². The highest BCUT2D eigenvalue weighted by molar-refractivity contribution is 5.91. The van der Waals surface area contributed by atoms with E-state index in [9.17, 15) is 9.18 Å². The van der Waals surface area contributed by atoms with Gasteiger partial charge in [-0.3, -0.25) is 4.79 Å². The summed E-state index contributed by atoms with van der Waals surface area (Å²) in [6.45, 7) is 3.78. The lowest BCUT2D eigenvalue weighted by atomic mass is 10.3. The maximum atomic E-state index is 12.8. The number of amides is 1. The quantitative estimate of drug-likeness (QED) is 0.803. The van der Waals surface area contributed by atoms with E-state index in [1.807, 2.05) is 19.9 Å². The zero-order chi connectivity index (χ0) is 15.7. The fraction of sp³-hybridized carbons (Fsp3) is 0.200. The molecule has 1 aromatic carbocycles. The number of nitrogens with one attached hydrogen (secondary N) is 1. The summed E-state index contributed by atoms with van der Waals surface area (Å²) in [5, 5.41) is 6.94. The molecule has 2 heterocycles. The Kier molecular flexibility index (Phi) is 3.54. The Hall–Kier alpha value is -2.83. The van der Waals surface area contributed by atoms with E-state index < -0.39 is 0 Å². The average molecular weight is 299 g/mol. The summed E-state index contributed by atoms with van der Waals surface area (Å²) < 4.78 is 14.4. The molecule has 0 saturated carbocycles. The van der Waals surface area contributed by atoms with E-state index in [-0.39, 0.29) is 18.1 Å². The highest BCUT2D eigenvalue weighted by Crippen LogP contribution is 2.10. The van der Waals surface area contributed by atoms with Crippen LogP contribution >= 0.6 is 0 Å². The monoisotopic (exact) mass is 299 g/mol. The molecule has 0 aliphatic carbocycles. The van der Waals surface area contributed by atoms with E-state index in [1.54, 1.807) is 4.52 Å². The molecule has 0 unspecified atom stereocenters. The van der Waals surface area contributed by atoms with Crippen LogP contribution in [-0.4, -0.2) is 25.5 Å². The van der Waals surface area contributed by atoms with Crippen molar-refractivity contribution in [1.82, 2.24) is 19.6 Å². The molecule has 0 radical (unpaired) electrons. The molecular weight excluding hydrogens is 285 g/mol. The standard InChI is InChI=1S/C15H14FN5O/c1-9-7-10(2)21-15(17-9)19-13(20-21)8-14(22)18-12-5-3-11(16)4-6-12/h3-7H,8H2,1-2H3,(H,18,22). The van der Waals surface area contributed by atoms with Crippen LogP contribution in [0.2, 0.25) is 0 Å². The van der Waals surface area contributed by atoms with Gasteiger partial charge in [-0.15, -0.1) is 5.10 Å². The van der Waals surface area contributed by atoms with Crippen molar-refractivity contribution in [3.8, 4) is 0 Å². The zero-order valence-corrected chi connectivity index (χ0v) is 12.2. The number of hydrogen-bond donors (Lipinski definition) is 1. The highest BCUT2D eigenvalue weighted by atomic mass is 19.1. The van der Waals surface area contributed by atoms with Gasteiger partial charge in [0.15, 0.2) is 5.82 Å². The minimum Gasteiger partial charge on any atom is -0.326 e. The molecule has 0 bridgehead atoms. The van der Waals surface area contributed by atoms with Gasteiger partial charge in [0, 0.05) is 17.1 Å². The Bertz CT molecular complexity index is 841. The SMILES string of the molecule is Cc1cc(C)n2nc(CC(=O)Nc3ccc(F)cc3)nc2n1. The molecule has 0 saturated heterocycles. The van der Waals surface area contributed by atoms with E-state index in [4.69, 9.17) is 0 Å². The number of fused-ring (bicyclic) bond motifs is 1. The topological polar surface area (TPSA) is 72.2 Å². The number of nitrogens with zero attached hydrogens (tertiary/aromatic N) is 4. The molecule has 0 aliphatic heterocycles. The summed E-state index contributed by atoms with van der Waals surface area (Å²) in [6.07, 6.45) is 0.0270. The summed E-state index contributed by atoms with van der Waals surface area (Å²) in [5.41, 5.74) is 2.28. The number of aromatic nitrogens is 4. The van der Waals surface area contributed by atoms with Crippen LogP contribution in [0.5, 0.6) is 0 Å². The highest BCUT2D eigenvalue weighted by Gasteiger charge is 2.12. The Morgan fingerprint density at radius 2 is 1.95 bits per heavy atom. The van der Waals surface area contributed by atoms with Crippen LogP contribution in [0.4, 0.5) is 10.1 Å². The number of halogens is 1. The van der Waals surface area contributed by atoms with Crippen molar-refractivity contribution >= 4 is 17.4 Å². The van der Waals surface area contributed by atoms with Crippen molar-refractivity contribution in [2.45, 2.75) is 20.3 Å². The van der Waals surface area contributed by atoms with Crippen LogP contribution < -0.4 is 5.32 Å². The molecule has 22 heavy (non-hydrogen) atoms. The average Bonchev–Trinajstić information content (AvgIpc) is 2.84. The lowest BCUT2D eigenvalue weighted by molar-refractivity contribution is -0.115. The summed E-state index contributed by atoms with van der Waals surface area (Å²) in [4.78, 5) is 20.5. The molecule has 0 spiro atoms. The molecule has 3 rings (SSSR count). The Morgan fingerprint density at radius 1 is 1.23 bits per heavy atom. The third-order valence-electron chi connectivity index (χ3n) is 3.11. The molecule has 0 aliphatic rings. The zero-order valence-electron chi connectivity index (χ0n) is 12.2. The van der Waals surface area contributed by atoms with Gasteiger partial charge in [0.25, 0.3) is 5.78 Å². The molecule has 2 aromatic heterocycles. The fourth-order valence-corrected chi connectivity index (χ4v) is 2.16. The van der Waals surface area contributed by atoms with Crippen molar-refractivity contribution in [2.24, 2.45) is 0 Å². The maximum absolute atomic E-state index is 12.8. The molecule has 6 nitrogen and oxygen atoms in total. The molecule has 112 valence electrons. The molecule has 1 amide bonds. The minimum atomic E-state index is -0.350. The number of aryl methyl sites for hydroxylation is 2. The second kappa shape index (κ2) is 5.51. The number of carbonyl (C=O) groups excluding carboxylic acids is 1. The van der Waals surface area contributed by atoms with E-state index in [1.165, 1.54) is 24.3 Å². The Morgan fingerprint density at radius 3 is 2.68 bits per heavy atom. The van der Waals surface area contributed by atoms with Gasteiger partial charge in [-0.05, 0) is 44.2 Å². The number of rotatable bonds is 3. The predicted molar refractivity (Wildman–Crippen MR) is 79.0 cm³/mol. The third kappa shape index (κ3) is 2.93. The van der Waals surface area contributed by atoms with Crippen molar-refractivity contribution in [3.05, 3.63) is 53.4 Å². The van der Waals surface area contributed by atoms with Gasteiger partial charge >= 0.3 is 0 Å². The number of anilines is 1. The number of carbonyl (C=O) groups is 1. The van der Waals surface area contributed by atoms with Crippen molar-refractivity contribution < 1.29 is 9.18 Å². The Labute approximate surface area is 126 Å². The van der Waals surface area contributed by atoms with E-state index in [0.29, 0.717) is 17.3 Å². The van der Waals surface area contributed by atoms with E-state index >= 15 is 0 Å². The first-order valence-corrected chi connectivity index (χ1v) is 6.76. The first-order valence-electron chi connectivity index (χ1n) is 6.76. The lowest BCUT2D eigenvalue weighted by Gasteiger charge is -2.02. The number of benzene rings is 1. The summed E-state index contributed by atoms with van der Waals surface area (Å²) >= 11 is 0. The van der Waals surface area contributed by atoms with Crippen LogP contribution in [-0.2, 0) is 11.2 Å². The van der Waals surface area contributed by atoms with E-state index in [0.717, 1.165) is 11.4 Å². The second-order valence-electron chi connectivity index (χ2n) is 5.01. The lowest BCUT2D eigenvalue weighted by Crippen LogP contribution is -2.15. The van der Waals surface area contributed by atoms with Gasteiger partial charge in [-0.25, -0.2) is 13.9 Å². The molecule has 0 fully saturated rings. The third-order valence-corrected chi connectivity index (χ3v) is 3.11. The smallest absolute Gasteiger partial charge is 0.252 e. The predicted octanol–water partition coefficient (Wildman–Crippen LogP) is 2.06. The van der Waals surface area contributed by atoms with Crippen molar-refractivity contribution in [1.29, 1.82) is 0 Å². The first kappa shape index (κ1) is 14.1. The largest absolute Gasteiger partial charge is 0.326 e. The van der Waals surface area contributed by atoms with Crippen LogP contribution in [0.25, 0.3) is 5.78 Å². The molecule has 3 aromatic rings. The van der Waals surface area contributed by atoms with Crippen molar-refractivity contribution in [3.63, 3.8) is 0 Å². The van der Waals surface area contributed by atoms with Gasteiger partial charge in [-0.2, -0.15) is 4.98 Å². The van der Waals surface area contributed by atoms with Crippen LogP contribution in [0.15, 0.2) is 30.3 Å². The summed E-state index contributed by atoms with van der Waals surface area (Å²) in [5.74, 6) is 0.247. The normalized spacial score (nSPS) is 10.9. The molecule has 7 heteroatoms. The Balaban J connectivity index is 1.76. The summed E-state index contributed by atoms with van der Waals surface area (Å²) in [6, 6.07) is 7.46. The van der Waals surface area contributed by atoms with Gasteiger partial charge in [0.05, 0.1) is 6.42 Å². The van der Waals surface area contributed by atoms with Crippen LogP contribution in [0.3, 0.4) is 0 Å². The van der Waals surface area contributed by atoms with Crippen molar-refractivity contribution in [2.75, 3.05) is 5.32 Å². The van der Waals surface area contributed by atoms with Crippen LogP contribution in [0, 0.1) is 19.7 Å². The molecule has 0 atom stereocenters. The van der Waals surface area contributed by atoms with Gasteiger partial charge in [-0.1, -0.05) is 0 Å². The minimum absolute atomic E-state index is 0.0270. The molecular formula is C15H14FN5O. The number of hydrogen-bond acceptors (Lipinski definition) is 4. The fourth-order valence-electron chi connectivity index (χ4n) is 2.16. The first-order chi connectivity index (χ1) is 10.5. The van der Waals surface area contributed by atoms with Gasteiger partial charge in [0.1, 0.15) is 5.82 Å². The second-order valence-corrected chi connectivity index (χ2v) is 5.01. The molecule has 1 N–H and O–H groups in total. The van der Waals surface area contributed by atoms with Gasteiger partial charge < -0.3 is 5.32 Å². The van der Waals surface area contributed by atoms with Gasteiger partial charge in [0.2, 0.25) is 5.91 Å². The summed E-state index contributed by atoms with van der Waals surface area (Å²) in [7, 11) is 0. The van der Waals surface area contributed by atoms with Crippen LogP contribution in [0.1, 0.15) is 17.2 Å². The maximum Gasteiger partial charge on any atom is 0.252 e.